The van der Waals surface area contributed by atoms with E-state index in [2.05, 4.69) is 9.62 Å². The molecular weight excluding hydrogens is 302 g/mol. The third kappa shape index (κ3) is 4.55. The topological polar surface area (TPSA) is 65.8 Å². The van der Waals surface area contributed by atoms with Gasteiger partial charge in [0.05, 0.1) is 12.3 Å². The standard InChI is InChI=1S/C15H27N3O3S/c1-3-4-9-17(2)22(19,20)16-13-14(15-8-7-12-21-15)18-10-5-6-11-18/h7-8,12,14,16H,3-6,9-11,13H2,1-2H3/t14-/m1/s1. The second kappa shape index (κ2) is 8.10. The van der Waals surface area contributed by atoms with Crippen LogP contribution >= 0.6 is 0 Å². The van der Waals surface area contributed by atoms with Crippen LogP contribution in [0.3, 0.4) is 0 Å². The van der Waals surface area contributed by atoms with E-state index in [0.29, 0.717) is 13.1 Å². The molecule has 1 aromatic heterocycles. The fraction of sp³-hybridized carbons (Fsp3) is 0.733. The largest absolute Gasteiger partial charge is 0.468 e. The first-order chi connectivity index (χ1) is 10.5. The Morgan fingerprint density at radius 2 is 2.14 bits per heavy atom. The Kier molecular flexibility index (Phi) is 6.43. The summed E-state index contributed by atoms with van der Waals surface area (Å²) < 4.78 is 34.2. The quantitative estimate of drug-likeness (QED) is 0.752. The van der Waals surface area contributed by atoms with Gasteiger partial charge in [0.1, 0.15) is 5.76 Å². The Labute approximate surface area is 133 Å². The van der Waals surface area contributed by atoms with Crippen molar-refractivity contribution in [2.75, 3.05) is 33.2 Å². The normalized spacial score (nSPS) is 18.1. The average Bonchev–Trinajstić information content (AvgIpc) is 3.18. The number of likely N-dealkylation sites (tertiary alicyclic amines) is 1. The number of nitrogens with one attached hydrogen (secondary N) is 1. The van der Waals surface area contributed by atoms with Gasteiger partial charge >= 0.3 is 0 Å². The van der Waals surface area contributed by atoms with E-state index in [0.717, 1.165) is 44.5 Å². The lowest BCUT2D eigenvalue weighted by Gasteiger charge is -2.27. The van der Waals surface area contributed by atoms with Crippen molar-refractivity contribution in [3.63, 3.8) is 0 Å². The van der Waals surface area contributed by atoms with Crippen LogP contribution in [0.15, 0.2) is 22.8 Å². The fourth-order valence-electron chi connectivity index (χ4n) is 2.74. The van der Waals surface area contributed by atoms with Gasteiger partial charge in [-0.3, -0.25) is 4.90 Å². The molecule has 1 atom stereocenters. The maximum absolute atomic E-state index is 12.3. The first-order valence-corrected chi connectivity index (χ1v) is 9.47. The lowest BCUT2D eigenvalue weighted by molar-refractivity contribution is 0.215. The predicted octanol–water partition coefficient (Wildman–Crippen LogP) is 1.98. The highest BCUT2D eigenvalue weighted by Gasteiger charge is 2.27. The molecule has 6 nitrogen and oxygen atoms in total. The molecule has 0 amide bonds. The third-order valence-corrected chi connectivity index (χ3v) is 5.68. The van der Waals surface area contributed by atoms with Gasteiger partial charge in [-0.2, -0.15) is 12.7 Å². The summed E-state index contributed by atoms with van der Waals surface area (Å²) in [5.41, 5.74) is 0. The Bertz CT molecular complexity index is 524. The van der Waals surface area contributed by atoms with Crippen LogP contribution < -0.4 is 4.72 Å². The minimum Gasteiger partial charge on any atom is -0.468 e. The minimum absolute atomic E-state index is 0.0353. The number of hydrogen-bond donors (Lipinski definition) is 1. The van der Waals surface area contributed by atoms with Gasteiger partial charge in [-0.05, 0) is 44.5 Å². The summed E-state index contributed by atoms with van der Waals surface area (Å²) in [5.74, 6) is 0.820. The molecule has 0 spiro atoms. The van der Waals surface area contributed by atoms with Gasteiger partial charge in [0.25, 0.3) is 10.2 Å². The summed E-state index contributed by atoms with van der Waals surface area (Å²) in [7, 11) is -1.81. The molecule has 22 heavy (non-hydrogen) atoms. The second-order valence-electron chi connectivity index (χ2n) is 5.80. The van der Waals surface area contributed by atoms with Crippen molar-refractivity contribution in [2.24, 2.45) is 0 Å². The molecule has 0 aliphatic carbocycles. The highest BCUT2D eigenvalue weighted by molar-refractivity contribution is 7.87. The van der Waals surface area contributed by atoms with Gasteiger partial charge in [0, 0.05) is 20.1 Å². The van der Waals surface area contributed by atoms with Crippen molar-refractivity contribution in [2.45, 2.75) is 38.6 Å². The fourth-order valence-corrected chi connectivity index (χ4v) is 3.70. The molecule has 1 fully saturated rings. The Hall–Kier alpha value is -0.890. The molecule has 1 N–H and O–H groups in total. The molecule has 2 rings (SSSR count). The summed E-state index contributed by atoms with van der Waals surface area (Å²) >= 11 is 0. The van der Waals surface area contributed by atoms with E-state index in [9.17, 15) is 8.42 Å². The molecule has 0 aromatic carbocycles. The number of rotatable bonds is 9. The van der Waals surface area contributed by atoms with Crippen LogP contribution in [0.5, 0.6) is 0 Å². The average molecular weight is 329 g/mol. The van der Waals surface area contributed by atoms with Crippen molar-refractivity contribution in [1.29, 1.82) is 0 Å². The maximum atomic E-state index is 12.3. The van der Waals surface area contributed by atoms with Gasteiger partial charge < -0.3 is 4.42 Å². The zero-order valence-electron chi connectivity index (χ0n) is 13.5. The van der Waals surface area contributed by atoms with Crippen molar-refractivity contribution in [3.05, 3.63) is 24.2 Å². The Morgan fingerprint density at radius 1 is 1.41 bits per heavy atom. The van der Waals surface area contributed by atoms with E-state index >= 15 is 0 Å². The SMILES string of the molecule is CCCCN(C)S(=O)(=O)NC[C@H](c1ccco1)N1CCCC1. The zero-order valence-corrected chi connectivity index (χ0v) is 14.3. The lowest BCUT2D eigenvalue weighted by atomic mass is 10.2. The zero-order chi connectivity index (χ0) is 16.0. The van der Waals surface area contributed by atoms with Crippen LogP contribution in [0.25, 0.3) is 0 Å². The molecule has 1 aliphatic rings. The molecule has 0 bridgehead atoms. The number of unbranched alkanes of at least 4 members (excludes halogenated alkanes) is 1. The number of nitrogens with zero attached hydrogens (tertiary/aromatic N) is 2. The highest BCUT2D eigenvalue weighted by Crippen LogP contribution is 2.25. The summed E-state index contributed by atoms with van der Waals surface area (Å²) in [6.07, 6.45) is 5.79. The van der Waals surface area contributed by atoms with Crippen molar-refractivity contribution in [1.82, 2.24) is 13.9 Å². The molecule has 2 heterocycles. The van der Waals surface area contributed by atoms with Crippen molar-refractivity contribution in [3.8, 4) is 0 Å². The van der Waals surface area contributed by atoms with Crippen LogP contribution in [0.4, 0.5) is 0 Å². The van der Waals surface area contributed by atoms with Crippen LogP contribution in [-0.4, -0.2) is 50.8 Å². The molecule has 1 saturated heterocycles. The van der Waals surface area contributed by atoms with Crippen LogP contribution in [-0.2, 0) is 10.2 Å². The smallest absolute Gasteiger partial charge is 0.279 e. The van der Waals surface area contributed by atoms with Gasteiger partial charge in [-0.1, -0.05) is 13.3 Å². The molecular formula is C15H27N3O3S. The summed E-state index contributed by atoms with van der Waals surface area (Å²) in [5, 5.41) is 0. The lowest BCUT2D eigenvalue weighted by Crippen LogP contribution is -2.43. The van der Waals surface area contributed by atoms with Gasteiger partial charge in [0.2, 0.25) is 0 Å². The Balaban J connectivity index is 1.99. The van der Waals surface area contributed by atoms with Gasteiger partial charge in [-0.15, -0.1) is 0 Å². The minimum atomic E-state index is -3.43. The molecule has 126 valence electrons. The third-order valence-electron chi connectivity index (χ3n) is 4.15. The molecule has 0 unspecified atom stereocenters. The first-order valence-electron chi connectivity index (χ1n) is 8.03. The predicted molar refractivity (Wildman–Crippen MR) is 86.7 cm³/mol. The van der Waals surface area contributed by atoms with E-state index in [-0.39, 0.29) is 6.04 Å². The summed E-state index contributed by atoms with van der Waals surface area (Å²) in [4.78, 5) is 2.29. The molecule has 1 aliphatic heterocycles. The number of hydrogen-bond acceptors (Lipinski definition) is 4. The number of furan rings is 1. The van der Waals surface area contributed by atoms with Gasteiger partial charge in [-0.25, -0.2) is 4.72 Å². The molecule has 0 saturated carbocycles. The van der Waals surface area contributed by atoms with Gasteiger partial charge in [0.15, 0.2) is 0 Å². The summed E-state index contributed by atoms with van der Waals surface area (Å²) in [6.45, 7) is 4.90. The van der Waals surface area contributed by atoms with E-state index in [1.165, 1.54) is 4.31 Å². The molecule has 1 aromatic rings. The monoisotopic (exact) mass is 329 g/mol. The van der Waals surface area contributed by atoms with E-state index < -0.39 is 10.2 Å². The van der Waals surface area contributed by atoms with Crippen molar-refractivity contribution >= 4 is 10.2 Å². The van der Waals surface area contributed by atoms with Crippen LogP contribution in [0.2, 0.25) is 0 Å². The molecule has 0 radical (unpaired) electrons. The van der Waals surface area contributed by atoms with E-state index in [1.807, 2.05) is 19.1 Å². The van der Waals surface area contributed by atoms with Crippen molar-refractivity contribution < 1.29 is 12.8 Å². The highest BCUT2D eigenvalue weighted by atomic mass is 32.2. The second-order valence-corrected chi connectivity index (χ2v) is 7.67. The van der Waals surface area contributed by atoms with E-state index in [1.54, 1.807) is 13.3 Å². The maximum Gasteiger partial charge on any atom is 0.279 e. The van der Waals surface area contributed by atoms with Crippen LogP contribution in [0.1, 0.15) is 44.4 Å². The van der Waals surface area contributed by atoms with Crippen LogP contribution in [0, 0.1) is 0 Å². The first kappa shape index (κ1) is 17.5. The Morgan fingerprint density at radius 3 is 2.73 bits per heavy atom. The molecule has 7 heteroatoms. The van der Waals surface area contributed by atoms with E-state index in [4.69, 9.17) is 4.42 Å². The summed E-state index contributed by atoms with van der Waals surface area (Å²) in [6, 6.07) is 3.73.